The Labute approximate surface area is 125 Å². The molecule has 2 N–H and O–H groups in total. The van der Waals surface area contributed by atoms with Crippen molar-refractivity contribution in [1.29, 1.82) is 0 Å². The van der Waals surface area contributed by atoms with Crippen LogP contribution in [0.1, 0.15) is 34.1 Å². The summed E-state index contributed by atoms with van der Waals surface area (Å²) >= 11 is 0. The number of aliphatic hydroxyl groups excluding tert-OH is 1. The monoisotopic (exact) mass is 296 g/mol. The van der Waals surface area contributed by atoms with E-state index in [9.17, 15) is 15.2 Å². The Kier molecular flexibility index (Phi) is 5.96. The van der Waals surface area contributed by atoms with Crippen LogP contribution in [0.4, 0.5) is 11.4 Å². The summed E-state index contributed by atoms with van der Waals surface area (Å²) in [7, 11) is 0. The highest BCUT2D eigenvalue weighted by Gasteiger charge is 2.22. The summed E-state index contributed by atoms with van der Waals surface area (Å²) in [5.74, 6) is 0.234. The van der Waals surface area contributed by atoms with Gasteiger partial charge in [0.2, 0.25) is 0 Å². The largest absolute Gasteiger partial charge is 0.487 e. The van der Waals surface area contributed by atoms with Crippen LogP contribution in [-0.2, 0) is 0 Å². The van der Waals surface area contributed by atoms with E-state index < -0.39 is 11.0 Å². The van der Waals surface area contributed by atoms with E-state index in [2.05, 4.69) is 5.32 Å². The van der Waals surface area contributed by atoms with Gasteiger partial charge in [0.25, 0.3) is 0 Å². The van der Waals surface area contributed by atoms with Gasteiger partial charge in [0.05, 0.1) is 17.6 Å². The number of para-hydroxylation sites is 1. The Morgan fingerprint density at radius 2 is 2.10 bits per heavy atom. The van der Waals surface area contributed by atoms with Crippen molar-refractivity contribution in [2.24, 2.45) is 5.41 Å². The van der Waals surface area contributed by atoms with E-state index in [0.29, 0.717) is 18.7 Å². The molecule has 0 bridgehead atoms. The molecule has 6 heteroatoms. The molecule has 1 aromatic carbocycles. The maximum atomic E-state index is 11.2. The third-order valence-corrected chi connectivity index (χ3v) is 2.86. The van der Waals surface area contributed by atoms with Gasteiger partial charge in [-0.3, -0.25) is 10.1 Å². The van der Waals surface area contributed by atoms with Crippen molar-refractivity contribution < 1.29 is 14.8 Å². The van der Waals surface area contributed by atoms with Crippen LogP contribution in [0.25, 0.3) is 0 Å². The number of nitrogens with zero attached hydrogens (tertiary/aromatic N) is 1. The zero-order chi connectivity index (χ0) is 16.0. The normalized spacial score (nSPS) is 12.8. The average molecular weight is 296 g/mol. The molecular weight excluding hydrogens is 272 g/mol. The average Bonchev–Trinajstić information content (AvgIpc) is 2.34. The summed E-state index contributed by atoms with van der Waals surface area (Å²) in [6.07, 6.45) is 0.0410. The molecule has 0 radical (unpaired) electrons. The molecule has 1 aromatic rings. The molecule has 118 valence electrons. The molecule has 1 rings (SSSR count). The summed E-state index contributed by atoms with van der Waals surface area (Å²) in [6.45, 7) is 8.50. The van der Waals surface area contributed by atoms with E-state index in [0.717, 1.165) is 0 Å². The van der Waals surface area contributed by atoms with Gasteiger partial charge in [0.1, 0.15) is 5.69 Å². The van der Waals surface area contributed by atoms with Crippen LogP contribution in [0.3, 0.4) is 0 Å². The van der Waals surface area contributed by atoms with Crippen LogP contribution >= 0.6 is 0 Å². The number of nitrogens with one attached hydrogen (secondary N) is 1. The van der Waals surface area contributed by atoms with Crippen molar-refractivity contribution in [3.8, 4) is 5.75 Å². The number of ether oxygens (including phenoxy) is 1. The third kappa shape index (κ3) is 5.59. The summed E-state index contributed by atoms with van der Waals surface area (Å²) in [4.78, 5) is 10.7. The fourth-order valence-corrected chi connectivity index (χ4v) is 2.13. The molecule has 1 unspecified atom stereocenters. The number of anilines is 1. The number of benzene rings is 1. The number of aliphatic hydroxyl groups is 1. The fourth-order valence-electron chi connectivity index (χ4n) is 2.13. The Hall–Kier alpha value is -1.82. The minimum atomic E-state index is -0.569. The van der Waals surface area contributed by atoms with Gasteiger partial charge >= 0.3 is 5.69 Å². The molecule has 0 aliphatic heterocycles. The minimum absolute atomic E-state index is 0.000199. The van der Waals surface area contributed by atoms with Crippen molar-refractivity contribution in [1.82, 2.24) is 0 Å². The summed E-state index contributed by atoms with van der Waals surface area (Å²) < 4.78 is 5.28. The Bertz CT molecular complexity index is 483. The lowest BCUT2D eigenvalue weighted by Crippen LogP contribution is -2.25. The van der Waals surface area contributed by atoms with Crippen molar-refractivity contribution in [2.45, 2.75) is 40.2 Å². The summed E-state index contributed by atoms with van der Waals surface area (Å²) in [5, 5.41) is 24.1. The van der Waals surface area contributed by atoms with Gasteiger partial charge in [-0.1, -0.05) is 26.8 Å². The molecule has 0 saturated heterocycles. The Balaban J connectivity index is 2.83. The van der Waals surface area contributed by atoms with Crippen molar-refractivity contribution >= 4 is 11.4 Å². The van der Waals surface area contributed by atoms with Crippen molar-refractivity contribution in [2.75, 3.05) is 18.5 Å². The smallest absolute Gasteiger partial charge is 0.333 e. The maximum absolute atomic E-state index is 11.2. The Morgan fingerprint density at radius 1 is 1.43 bits per heavy atom. The zero-order valence-corrected chi connectivity index (χ0v) is 13.0. The van der Waals surface area contributed by atoms with Gasteiger partial charge in [-0.05, 0) is 30.9 Å². The molecule has 21 heavy (non-hydrogen) atoms. The SMILES string of the molecule is CCOc1cccc(NCC(O)CC(C)(C)C)c1[N+](=O)[O-]. The first-order valence-electron chi connectivity index (χ1n) is 7.06. The van der Waals surface area contributed by atoms with E-state index >= 15 is 0 Å². The second-order valence-corrected chi connectivity index (χ2v) is 6.14. The first kappa shape index (κ1) is 17.2. The number of hydrogen-bond donors (Lipinski definition) is 2. The topological polar surface area (TPSA) is 84.6 Å². The van der Waals surface area contributed by atoms with Gasteiger partial charge in [-0.15, -0.1) is 0 Å². The van der Waals surface area contributed by atoms with Crippen molar-refractivity contribution in [3.05, 3.63) is 28.3 Å². The number of hydrogen-bond acceptors (Lipinski definition) is 5. The van der Waals surface area contributed by atoms with Gasteiger partial charge in [-0.2, -0.15) is 0 Å². The van der Waals surface area contributed by atoms with E-state index in [1.807, 2.05) is 20.8 Å². The molecule has 0 heterocycles. The molecule has 0 aliphatic rings. The van der Waals surface area contributed by atoms with E-state index in [4.69, 9.17) is 4.74 Å². The lowest BCUT2D eigenvalue weighted by Gasteiger charge is -2.22. The predicted molar refractivity (Wildman–Crippen MR) is 82.8 cm³/mol. The van der Waals surface area contributed by atoms with E-state index in [1.165, 1.54) is 0 Å². The third-order valence-electron chi connectivity index (χ3n) is 2.86. The fraction of sp³-hybridized carbons (Fsp3) is 0.600. The van der Waals surface area contributed by atoms with Crippen LogP contribution in [0.5, 0.6) is 5.75 Å². The predicted octanol–water partition coefficient (Wildman–Crippen LogP) is 3.20. The second kappa shape index (κ2) is 7.26. The second-order valence-electron chi connectivity index (χ2n) is 6.14. The molecule has 0 aliphatic carbocycles. The van der Waals surface area contributed by atoms with Crippen molar-refractivity contribution in [3.63, 3.8) is 0 Å². The van der Waals surface area contributed by atoms with Crippen LogP contribution in [0.2, 0.25) is 0 Å². The summed E-state index contributed by atoms with van der Waals surface area (Å²) in [5.41, 5.74) is 0.265. The first-order valence-corrected chi connectivity index (χ1v) is 7.06. The molecular formula is C15H24N2O4. The quantitative estimate of drug-likeness (QED) is 0.596. The van der Waals surface area contributed by atoms with Crippen LogP contribution in [0, 0.1) is 15.5 Å². The summed E-state index contributed by atoms with van der Waals surface area (Å²) in [6, 6.07) is 4.87. The molecule has 6 nitrogen and oxygen atoms in total. The highest BCUT2D eigenvalue weighted by molar-refractivity contribution is 5.68. The lowest BCUT2D eigenvalue weighted by molar-refractivity contribution is -0.384. The maximum Gasteiger partial charge on any atom is 0.333 e. The van der Waals surface area contributed by atoms with Crippen LogP contribution in [-0.4, -0.2) is 29.3 Å². The van der Waals surface area contributed by atoms with Gasteiger partial charge in [0.15, 0.2) is 5.75 Å². The number of nitro groups is 1. The van der Waals surface area contributed by atoms with Crippen LogP contribution < -0.4 is 10.1 Å². The molecule has 0 fully saturated rings. The molecule has 0 saturated carbocycles. The molecule has 0 amide bonds. The standard InChI is InChI=1S/C15H24N2O4/c1-5-21-13-8-6-7-12(14(13)17(19)20)16-10-11(18)9-15(2,3)4/h6-8,11,16,18H,5,9-10H2,1-4H3. The van der Waals surface area contributed by atoms with E-state index in [-0.39, 0.29) is 23.4 Å². The molecule has 0 aromatic heterocycles. The highest BCUT2D eigenvalue weighted by atomic mass is 16.6. The van der Waals surface area contributed by atoms with Gasteiger partial charge in [0, 0.05) is 6.54 Å². The van der Waals surface area contributed by atoms with E-state index in [1.54, 1.807) is 25.1 Å². The van der Waals surface area contributed by atoms with Crippen LogP contribution in [0.15, 0.2) is 18.2 Å². The molecule has 0 spiro atoms. The lowest BCUT2D eigenvalue weighted by atomic mass is 9.89. The first-order chi connectivity index (χ1) is 9.74. The minimum Gasteiger partial charge on any atom is -0.487 e. The number of rotatable bonds is 7. The zero-order valence-electron chi connectivity index (χ0n) is 13.0. The molecule has 1 atom stereocenters. The number of nitro benzene ring substituents is 1. The van der Waals surface area contributed by atoms with Gasteiger partial charge < -0.3 is 15.2 Å². The highest BCUT2D eigenvalue weighted by Crippen LogP contribution is 2.34. The van der Waals surface area contributed by atoms with Gasteiger partial charge in [-0.25, -0.2) is 0 Å². The Morgan fingerprint density at radius 3 is 2.62 bits per heavy atom.